The summed E-state index contributed by atoms with van der Waals surface area (Å²) >= 11 is 0. The van der Waals surface area contributed by atoms with E-state index in [0.717, 1.165) is 35.3 Å². The third-order valence-corrected chi connectivity index (χ3v) is 5.59. The molecular weight excluding hydrogens is 372 g/mol. The van der Waals surface area contributed by atoms with Crippen LogP contribution in [-0.2, 0) is 20.6 Å². The summed E-state index contributed by atoms with van der Waals surface area (Å²) in [5, 5.41) is 0. The van der Waals surface area contributed by atoms with Crippen LogP contribution in [0.1, 0.15) is 18.4 Å². The number of hydrogen-bond acceptors (Lipinski definition) is 6. The Kier molecular flexibility index (Phi) is 4.91. The Labute approximate surface area is 167 Å². The fraction of sp³-hybridized carbons (Fsp3) is 0.450. The van der Waals surface area contributed by atoms with Crippen molar-refractivity contribution in [2.24, 2.45) is 19.8 Å². The molecule has 1 fully saturated rings. The van der Waals surface area contributed by atoms with E-state index in [2.05, 4.69) is 4.90 Å². The zero-order chi connectivity index (χ0) is 20.7. The van der Waals surface area contributed by atoms with Crippen LogP contribution < -0.4 is 26.6 Å². The first-order chi connectivity index (χ1) is 13.9. The Morgan fingerprint density at radius 2 is 1.97 bits per heavy atom. The van der Waals surface area contributed by atoms with E-state index in [1.807, 2.05) is 28.8 Å². The molecule has 2 aromatic heterocycles. The van der Waals surface area contributed by atoms with Crippen molar-refractivity contribution in [3.63, 3.8) is 0 Å². The second-order valence-corrected chi connectivity index (χ2v) is 7.54. The van der Waals surface area contributed by atoms with Gasteiger partial charge in [-0.2, -0.15) is 4.98 Å². The number of hydrogen-bond donors (Lipinski definition) is 1. The summed E-state index contributed by atoms with van der Waals surface area (Å²) < 4.78 is 9.92. The first-order valence-electron chi connectivity index (χ1n) is 9.71. The van der Waals surface area contributed by atoms with Crippen molar-refractivity contribution in [1.29, 1.82) is 0 Å². The highest BCUT2D eigenvalue weighted by Crippen LogP contribution is 2.26. The van der Waals surface area contributed by atoms with Crippen molar-refractivity contribution >= 4 is 17.1 Å². The van der Waals surface area contributed by atoms with Gasteiger partial charge in [0.05, 0.1) is 13.7 Å². The zero-order valence-corrected chi connectivity index (χ0v) is 17.0. The molecule has 1 atom stereocenters. The van der Waals surface area contributed by atoms with Crippen molar-refractivity contribution in [3.05, 3.63) is 50.7 Å². The molecule has 0 saturated carbocycles. The van der Waals surface area contributed by atoms with E-state index < -0.39 is 5.69 Å². The van der Waals surface area contributed by atoms with Gasteiger partial charge in [0, 0.05) is 38.8 Å². The number of nitrogens with zero attached hydrogens (tertiary/aromatic N) is 5. The molecule has 29 heavy (non-hydrogen) atoms. The summed E-state index contributed by atoms with van der Waals surface area (Å²) in [6.45, 7) is 1.86. The highest BCUT2D eigenvalue weighted by molar-refractivity contribution is 5.75. The highest BCUT2D eigenvalue weighted by atomic mass is 16.5. The van der Waals surface area contributed by atoms with Crippen molar-refractivity contribution in [3.8, 4) is 5.75 Å². The molecule has 1 aliphatic rings. The van der Waals surface area contributed by atoms with E-state index in [9.17, 15) is 9.59 Å². The molecule has 2 N–H and O–H groups in total. The van der Waals surface area contributed by atoms with Gasteiger partial charge < -0.3 is 15.4 Å². The number of fused-ring (bicyclic) bond motifs is 1. The standard InChI is InChI=1S/C20H26N6O3/c1-23-17-16(18(27)24(2)20(23)28)26(11-13-7-4-5-9-15(13)29-3)19(22-17)25-10-6-8-14(21)12-25/h4-5,7,9,14H,6,8,10-12,21H2,1-3H3. The summed E-state index contributed by atoms with van der Waals surface area (Å²) in [4.78, 5) is 32.3. The van der Waals surface area contributed by atoms with Crippen LogP contribution in [0.5, 0.6) is 5.75 Å². The number of anilines is 1. The average Bonchev–Trinajstić information content (AvgIpc) is 3.10. The lowest BCUT2D eigenvalue weighted by molar-refractivity contribution is 0.408. The number of para-hydroxylation sites is 1. The van der Waals surface area contributed by atoms with Crippen LogP contribution >= 0.6 is 0 Å². The number of nitrogens with two attached hydrogens (primary N) is 1. The summed E-state index contributed by atoms with van der Waals surface area (Å²) in [5.74, 6) is 1.39. The third kappa shape index (κ3) is 3.21. The van der Waals surface area contributed by atoms with Crippen molar-refractivity contribution in [1.82, 2.24) is 18.7 Å². The molecular formula is C20H26N6O3. The van der Waals surface area contributed by atoms with E-state index in [1.165, 1.54) is 11.6 Å². The molecule has 0 amide bonds. The topological polar surface area (TPSA) is 100 Å². The summed E-state index contributed by atoms with van der Waals surface area (Å²) in [7, 11) is 4.75. The summed E-state index contributed by atoms with van der Waals surface area (Å²) in [6, 6.07) is 7.74. The molecule has 3 aromatic rings. The molecule has 0 aliphatic carbocycles. The number of ether oxygens (including phenoxy) is 1. The maximum Gasteiger partial charge on any atom is 0.332 e. The largest absolute Gasteiger partial charge is 0.496 e. The lowest BCUT2D eigenvalue weighted by Crippen LogP contribution is -2.44. The monoisotopic (exact) mass is 398 g/mol. The van der Waals surface area contributed by atoms with Gasteiger partial charge in [-0.05, 0) is 18.9 Å². The van der Waals surface area contributed by atoms with Gasteiger partial charge in [0.25, 0.3) is 5.56 Å². The number of aryl methyl sites for hydroxylation is 1. The molecule has 1 saturated heterocycles. The fourth-order valence-electron chi connectivity index (χ4n) is 4.02. The van der Waals surface area contributed by atoms with Crippen LogP contribution in [0, 0.1) is 0 Å². The second-order valence-electron chi connectivity index (χ2n) is 7.54. The van der Waals surface area contributed by atoms with E-state index in [0.29, 0.717) is 30.2 Å². The van der Waals surface area contributed by atoms with E-state index in [1.54, 1.807) is 14.2 Å². The number of aromatic nitrogens is 4. The average molecular weight is 398 g/mol. The lowest BCUT2D eigenvalue weighted by Gasteiger charge is -2.32. The van der Waals surface area contributed by atoms with Crippen molar-refractivity contribution in [2.75, 3.05) is 25.1 Å². The molecule has 9 nitrogen and oxygen atoms in total. The minimum Gasteiger partial charge on any atom is -0.496 e. The minimum absolute atomic E-state index is 0.0509. The van der Waals surface area contributed by atoms with E-state index >= 15 is 0 Å². The molecule has 1 aliphatic heterocycles. The first-order valence-corrected chi connectivity index (χ1v) is 9.71. The van der Waals surface area contributed by atoms with Crippen molar-refractivity contribution < 1.29 is 4.74 Å². The van der Waals surface area contributed by atoms with Gasteiger partial charge >= 0.3 is 5.69 Å². The quantitative estimate of drug-likeness (QED) is 0.684. The second kappa shape index (κ2) is 7.40. The van der Waals surface area contributed by atoms with Gasteiger partial charge in [0.15, 0.2) is 11.2 Å². The molecule has 4 rings (SSSR count). The molecule has 3 heterocycles. The molecule has 1 unspecified atom stereocenters. The SMILES string of the molecule is COc1ccccc1Cn1c(N2CCCC(N)C2)nc2c1c(=O)n(C)c(=O)n2C. The molecule has 0 bridgehead atoms. The van der Waals surface area contributed by atoms with Crippen LogP contribution in [0.3, 0.4) is 0 Å². The van der Waals surface area contributed by atoms with E-state index in [4.69, 9.17) is 15.5 Å². The van der Waals surface area contributed by atoms with Crippen LogP contribution in [0.2, 0.25) is 0 Å². The Balaban J connectivity index is 1.97. The Morgan fingerprint density at radius 1 is 1.21 bits per heavy atom. The van der Waals surface area contributed by atoms with E-state index in [-0.39, 0.29) is 11.6 Å². The Bertz CT molecular complexity index is 1180. The smallest absolute Gasteiger partial charge is 0.332 e. The maximum absolute atomic E-state index is 13.0. The maximum atomic E-state index is 13.0. The predicted molar refractivity (Wildman–Crippen MR) is 112 cm³/mol. The number of imidazole rings is 1. The Morgan fingerprint density at radius 3 is 2.69 bits per heavy atom. The molecule has 1 aromatic carbocycles. The van der Waals surface area contributed by atoms with Gasteiger partial charge in [0.1, 0.15) is 5.75 Å². The van der Waals surface area contributed by atoms with Gasteiger partial charge in [-0.25, -0.2) is 4.79 Å². The summed E-state index contributed by atoms with van der Waals surface area (Å²) in [6.07, 6.45) is 1.92. The van der Waals surface area contributed by atoms with Gasteiger partial charge in [-0.3, -0.25) is 18.5 Å². The third-order valence-electron chi connectivity index (χ3n) is 5.59. The lowest BCUT2D eigenvalue weighted by atomic mass is 10.1. The predicted octanol–water partition coefficient (Wildman–Crippen LogP) is 0.418. The minimum atomic E-state index is -0.397. The van der Waals surface area contributed by atoms with Crippen LogP contribution in [0.4, 0.5) is 5.95 Å². The normalized spacial score (nSPS) is 17.1. The highest BCUT2D eigenvalue weighted by Gasteiger charge is 2.26. The van der Waals surface area contributed by atoms with Crippen molar-refractivity contribution in [2.45, 2.75) is 25.4 Å². The number of piperidine rings is 1. The van der Waals surface area contributed by atoms with Crippen LogP contribution in [0.15, 0.2) is 33.9 Å². The fourth-order valence-corrected chi connectivity index (χ4v) is 4.02. The van der Waals surface area contributed by atoms with Crippen LogP contribution in [-0.4, -0.2) is 44.9 Å². The van der Waals surface area contributed by atoms with Gasteiger partial charge in [-0.15, -0.1) is 0 Å². The molecule has 154 valence electrons. The number of benzene rings is 1. The number of rotatable bonds is 4. The molecule has 0 radical (unpaired) electrons. The first kappa shape index (κ1) is 19.3. The molecule has 9 heteroatoms. The van der Waals surface area contributed by atoms with Gasteiger partial charge in [-0.1, -0.05) is 18.2 Å². The summed E-state index contributed by atoms with van der Waals surface area (Å²) in [5.41, 5.74) is 7.13. The van der Waals surface area contributed by atoms with Gasteiger partial charge in [0.2, 0.25) is 5.95 Å². The Hall–Kier alpha value is -3.07. The number of methoxy groups -OCH3 is 1. The molecule has 0 spiro atoms. The zero-order valence-electron chi connectivity index (χ0n) is 17.0. The van der Waals surface area contributed by atoms with Crippen LogP contribution in [0.25, 0.3) is 11.2 Å².